The van der Waals surface area contributed by atoms with Gasteiger partial charge in [0.2, 0.25) is 11.8 Å². The van der Waals surface area contributed by atoms with E-state index in [1.807, 2.05) is 0 Å². The van der Waals surface area contributed by atoms with Gasteiger partial charge in [-0.05, 0) is 36.2 Å². The van der Waals surface area contributed by atoms with E-state index >= 15 is 0 Å². The summed E-state index contributed by atoms with van der Waals surface area (Å²) in [5.41, 5.74) is 0.944. The molecular formula is C19H20F2N2O2. The Labute approximate surface area is 145 Å². The Balaban J connectivity index is 2.23. The Bertz CT molecular complexity index is 747. The number of amides is 2. The van der Waals surface area contributed by atoms with E-state index in [9.17, 15) is 18.4 Å². The van der Waals surface area contributed by atoms with Crippen molar-refractivity contribution in [2.75, 3.05) is 7.05 Å². The van der Waals surface area contributed by atoms with Gasteiger partial charge in [0, 0.05) is 13.6 Å². The van der Waals surface area contributed by atoms with Crippen molar-refractivity contribution in [1.29, 1.82) is 0 Å². The summed E-state index contributed by atoms with van der Waals surface area (Å²) in [4.78, 5) is 26.0. The average molecular weight is 346 g/mol. The van der Waals surface area contributed by atoms with Gasteiger partial charge in [-0.15, -0.1) is 0 Å². The zero-order chi connectivity index (χ0) is 18.4. The normalized spacial score (nSPS) is 11.7. The highest BCUT2D eigenvalue weighted by molar-refractivity contribution is 5.88. The van der Waals surface area contributed by atoms with Crippen LogP contribution in [0.1, 0.15) is 18.1 Å². The van der Waals surface area contributed by atoms with Crippen LogP contribution in [0.5, 0.6) is 0 Å². The molecule has 0 heterocycles. The third-order valence-corrected chi connectivity index (χ3v) is 3.98. The van der Waals surface area contributed by atoms with E-state index < -0.39 is 11.9 Å². The number of hydrogen-bond donors (Lipinski definition) is 1. The van der Waals surface area contributed by atoms with E-state index in [0.717, 1.165) is 0 Å². The third-order valence-electron chi connectivity index (χ3n) is 3.98. The standard InChI is InChI=1S/C19H20F2N2O2/c1-13(19(25)22-2)23(12-14-7-9-16(20)10-8-14)18(24)11-15-5-3-4-6-17(15)21/h3-10,13H,11-12H2,1-2H3,(H,22,25). The van der Waals surface area contributed by atoms with Crippen molar-refractivity contribution in [3.8, 4) is 0 Å². The maximum absolute atomic E-state index is 13.8. The summed E-state index contributed by atoms with van der Waals surface area (Å²) >= 11 is 0. The summed E-state index contributed by atoms with van der Waals surface area (Å²) in [6.45, 7) is 1.73. The van der Waals surface area contributed by atoms with Gasteiger partial charge in [0.25, 0.3) is 0 Å². The van der Waals surface area contributed by atoms with Crippen LogP contribution in [0.2, 0.25) is 0 Å². The first-order valence-corrected chi connectivity index (χ1v) is 7.91. The Hall–Kier alpha value is -2.76. The maximum atomic E-state index is 13.8. The second kappa shape index (κ2) is 8.37. The smallest absolute Gasteiger partial charge is 0.242 e. The highest BCUT2D eigenvalue weighted by atomic mass is 19.1. The van der Waals surface area contributed by atoms with Crippen LogP contribution in [0.3, 0.4) is 0 Å². The largest absolute Gasteiger partial charge is 0.357 e. The molecular weight excluding hydrogens is 326 g/mol. The van der Waals surface area contributed by atoms with Crippen molar-refractivity contribution in [2.24, 2.45) is 0 Å². The molecule has 25 heavy (non-hydrogen) atoms. The molecule has 0 aliphatic heterocycles. The van der Waals surface area contributed by atoms with Crippen molar-refractivity contribution in [3.63, 3.8) is 0 Å². The van der Waals surface area contributed by atoms with Crippen LogP contribution in [0.15, 0.2) is 48.5 Å². The minimum absolute atomic E-state index is 0.127. The molecule has 1 unspecified atom stereocenters. The fraction of sp³-hybridized carbons (Fsp3) is 0.263. The first-order valence-electron chi connectivity index (χ1n) is 7.91. The highest BCUT2D eigenvalue weighted by Gasteiger charge is 2.26. The Morgan fingerprint density at radius 3 is 2.32 bits per heavy atom. The molecule has 2 rings (SSSR count). The first kappa shape index (κ1) is 18.6. The molecule has 1 atom stereocenters. The molecule has 0 saturated carbocycles. The zero-order valence-electron chi connectivity index (χ0n) is 14.1. The van der Waals surface area contributed by atoms with E-state index in [1.165, 1.54) is 36.2 Å². The maximum Gasteiger partial charge on any atom is 0.242 e. The van der Waals surface area contributed by atoms with Gasteiger partial charge in [-0.2, -0.15) is 0 Å². The van der Waals surface area contributed by atoms with Crippen molar-refractivity contribution >= 4 is 11.8 Å². The number of benzene rings is 2. The number of carbonyl (C=O) groups is 2. The number of halogens is 2. The van der Waals surface area contributed by atoms with Gasteiger partial charge < -0.3 is 10.2 Å². The predicted molar refractivity (Wildman–Crippen MR) is 90.6 cm³/mol. The van der Waals surface area contributed by atoms with Crippen LogP contribution < -0.4 is 5.32 Å². The van der Waals surface area contributed by atoms with E-state index in [1.54, 1.807) is 31.2 Å². The molecule has 6 heteroatoms. The summed E-state index contributed by atoms with van der Waals surface area (Å²) < 4.78 is 26.9. The first-order chi connectivity index (χ1) is 11.9. The monoisotopic (exact) mass is 346 g/mol. The molecule has 0 spiro atoms. The lowest BCUT2D eigenvalue weighted by molar-refractivity contribution is -0.139. The number of likely N-dealkylation sites (N-methyl/N-ethyl adjacent to an activating group) is 1. The summed E-state index contributed by atoms with van der Waals surface area (Å²) in [6.07, 6.45) is -0.158. The van der Waals surface area contributed by atoms with Crippen LogP contribution in [0.4, 0.5) is 8.78 Å². The van der Waals surface area contributed by atoms with Crippen LogP contribution in [0.25, 0.3) is 0 Å². The molecule has 2 aromatic rings. The molecule has 0 aromatic heterocycles. The SMILES string of the molecule is CNC(=O)C(C)N(Cc1ccc(F)cc1)C(=O)Cc1ccccc1F. The minimum Gasteiger partial charge on any atom is -0.357 e. The van der Waals surface area contributed by atoms with Crippen molar-refractivity contribution in [1.82, 2.24) is 10.2 Å². The van der Waals surface area contributed by atoms with Crippen molar-refractivity contribution in [3.05, 3.63) is 71.3 Å². The lowest BCUT2D eigenvalue weighted by Crippen LogP contribution is -2.47. The van der Waals surface area contributed by atoms with E-state index in [4.69, 9.17) is 0 Å². The van der Waals surface area contributed by atoms with Crippen LogP contribution in [-0.2, 0) is 22.6 Å². The van der Waals surface area contributed by atoms with Gasteiger partial charge in [-0.1, -0.05) is 30.3 Å². The number of rotatable bonds is 6. The Morgan fingerprint density at radius 1 is 1.08 bits per heavy atom. The fourth-order valence-electron chi connectivity index (χ4n) is 2.48. The van der Waals surface area contributed by atoms with Gasteiger partial charge in [0.05, 0.1) is 6.42 Å². The molecule has 0 radical (unpaired) electrons. The molecule has 2 amide bonds. The lowest BCUT2D eigenvalue weighted by atomic mass is 10.1. The second-order valence-electron chi connectivity index (χ2n) is 5.71. The van der Waals surface area contributed by atoms with E-state index in [0.29, 0.717) is 5.56 Å². The predicted octanol–water partition coefficient (Wildman–Crippen LogP) is 2.67. The summed E-state index contributed by atoms with van der Waals surface area (Å²) in [6, 6.07) is 11.0. The van der Waals surface area contributed by atoms with Gasteiger partial charge >= 0.3 is 0 Å². The molecule has 0 saturated heterocycles. The summed E-state index contributed by atoms with van der Waals surface area (Å²) in [7, 11) is 1.48. The molecule has 4 nitrogen and oxygen atoms in total. The summed E-state index contributed by atoms with van der Waals surface area (Å²) in [5, 5.41) is 2.50. The number of nitrogens with one attached hydrogen (secondary N) is 1. The number of carbonyl (C=O) groups excluding carboxylic acids is 2. The quantitative estimate of drug-likeness (QED) is 0.874. The van der Waals surface area contributed by atoms with Gasteiger partial charge in [-0.3, -0.25) is 9.59 Å². The Kier molecular flexibility index (Phi) is 6.22. The minimum atomic E-state index is -0.741. The number of hydrogen-bond acceptors (Lipinski definition) is 2. The molecule has 0 bridgehead atoms. The van der Waals surface area contributed by atoms with Crippen LogP contribution in [0, 0.1) is 11.6 Å². The molecule has 132 valence electrons. The van der Waals surface area contributed by atoms with E-state index in [2.05, 4.69) is 5.32 Å². The van der Waals surface area contributed by atoms with Gasteiger partial charge in [0.1, 0.15) is 17.7 Å². The fourth-order valence-corrected chi connectivity index (χ4v) is 2.48. The van der Waals surface area contributed by atoms with Crippen molar-refractivity contribution < 1.29 is 18.4 Å². The Morgan fingerprint density at radius 2 is 1.72 bits per heavy atom. The molecule has 1 N–H and O–H groups in total. The van der Waals surface area contributed by atoms with Crippen LogP contribution in [-0.4, -0.2) is 29.8 Å². The third kappa shape index (κ3) is 4.86. The zero-order valence-corrected chi connectivity index (χ0v) is 14.1. The highest BCUT2D eigenvalue weighted by Crippen LogP contribution is 2.14. The lowest BCUT2D eigenvalue weighted by Gasteiger charge is -2.28. The molecule has 2 aromatic carbocycles. The molecule has 0 fully saturated rings. The van der Waals surface area contributed by atoms with Crippen molar-refractivity contribution in [2.45, 2.75) is 25.9 Å². The topological polar surface area (TPSA) is 49.4 Å². The molecule has 0 aliphatic carbocycles. The second-order valence-corrected chi connectivity index (χ2v) is 5.71. The van der Waals surface area contributed by atoms with Gasteiger partial charge in [-0.25, -0.2) is 8.78 Å². The van der Waals surface area contributed by atoms with E-state index in [-0.39, 0.29) is 36.2 Å². The summed E-state index contributed by atoms with van der Waals surface area (Å²) in [5.74, 6) is -1.56. The van der Waals surface area contributed by atoms with Gasteiger partial charge in [0.15, 0.2) is 0 Å². The van der Waals surface area contributed by atoms with Crippen LogP contribution >= 0.6 is 0 Å². The average Bonchev–Trinajstić information content (AvgIpc) is 2.61. The number of nitrogens with zero attached hydrogens (tertiary/aromatic N) is 1. The molecule has 0 aliphatic rings.